The molecule has 0 saturated carbocycles. The zero-order valence-corrected chi connectivity index (χ0v) is 24.6. The molecule has 2 heteroatoms. The predicted molar refractivity (Wildman–Crippen MR) is 149 cm³/mol. The van der Waals surface area contributed by atoms with E-state index in [-0.39, 0.29) is 15.8 Å². The van der Waals surface area contributed by atoms with Crippen molar-refractivity contribution in [2.75, 3.05) is 18.2 Å². The van der Waals surface area contributed by atoms with E-state index in [2.05, 4.69) is 55.4 Å². The lowest BCUT2D eigenvalue weighted by atomic mass is 9.80. The maximum absolute atomic E-state index is 2.60. The van der Waals surface area contributed by atoms with Gasteiger partial charge >= 0.3 is 0 Å². The maximum Gasteiger partial charge on any atom is -0.00453 e. The largest absolute Gasteiger partial charge is 0.0954 e. The van der Waals surface area contributed by atoms with Crippen LogP contribution in [0.3, 0.4) is 0 Å². The van der Waals surface area contributed by atoms with Crippen LogP contribution in [0.15, 0.2) is 0 Å². The molecule has 2 rings (SSSR count). The first-order valence-corrected chi connectivity index (χ1v) is 17.6. The van der Waals surface area contributed by atoms with Crippen LogP contribution in [0.25, 0.3) is 0 Å². The number of hydrogen-bond acceptors (Lipinski definition) is 0. The fourth-order valence-corrected chi connectivity index (χ4v) is 18.6. The molecule has 2 unspecified atom stereocenters. The van der Waals surface area contributed by atoms with Gasteiger partial charge in [-0.2, -0.15) is 0 Å². The Hall–Kier alpha value is 0.860. The van der Waals surface area contributed by atoms with Crippen LogP contribution in [0.5, 0.6) is 0 Å². The van der Waals surface area contributed by atoms with Crippen molar-refractivity contribution in [3.8, 4) is 0 Å². The maximum atomic E-state index is 2.60. The fourth-order valence-electron chi connectivity index (χ4n) is 7.77. The molecule has 0 amide bonds. The van der Waals surface area contributed by atoms with Gasteiger partial charge in [0.1, 0.15) is 0 Å². The molecular weight excluding hydrogens is 410 g/mol. The van der Waals surface area contributed by atoms with Crippen LogP contribution in [0.4, 0.5) is 0 Å². The van der Waals surface area contributed by atoms with Gasteiger partial charge < -0.3 is 0 Å². The van der Waals surface area contributed by atoms with Crippen LogP contribution in [-0.4, -0.2) is 28.5 Å². The topological polar surface area (TPSA) is 0 Å². The smallest absolute Gasteiger partial charge is 0.00453 e. The lowest BCUT2D eigenvalue weighted by Gasteiger charge is -2.54. The Morgan fingerprint density at radius 2 is 0.742 bits per heavy atom. The number of hydrogen-bond donors (Lipinski definition) is 0. The molecule has 2 aliphatic rings. The van der Waals surface area contributed by atoms with Crippen molar-refractivity contribution in [3.05, 3.63) is 0 Å². The average molecular weight is 469 g/mol. The quantitative estimate of drug-likeness (QED) is 0.340. The van der Waals surface area contributed by atoms with E-state index in [1.807, 2.05) is 0 Å². The van der Waals surface area contributed by atoms with Gasteiger partial charge in [-0.05, 0) is 77.9 Å². The summed E-state index contributed by atoms with van der Waals surface area (Å²) >= 11 is 0. The van der Waals surface area contributed by atoms with Crippen LogP contribution < -0.4 is 0 Å². The molecule has 2 fully saturated rings. The average Bonchev–Trinajstić information content (AvgIpc) is 2.86. The Kier molecular flexibility index (Phi) is 11.9. The Labute approximate surface area is 200 Å². The summed E-state index contributed by atoms with van der Waals surface area (Å²) in [6, 6.07) is 0. The van der Waals surface area contributed by atoms with Gasteiger partial charge in [-0.25, -0.2) is 0 Å². The summed E-state index contributed by atoms with van der Waals surface area (Å²) in [4.78, 5) is 0. The highest BCUT2D eigenvalue weighted by Crippen LogP contribution is 2.71. The van der Waals surface area contributed by atoms with E-state index in [9.17, 15) is 0 Å². The van der Waals surface area contributed by atoms with Crippen LogP contribution in [-0.2, 0) is 0 Å². The molecule has 184 valence electrons. The zero-order chi connectivity index (χ0) is 23.1. The molecule has 2 saturated heterocycles. The van der Waals surface area contributed by atoms with Crippen molar-refractivity contribution in [2.24, 2.45) is 23.7 Å². The molecular formula is C29H58P2. The summed E-state index contributed by atoms with van der Waals surface area (Å²) in [5, 5.41) is 1.25. The predicted octanol–water partition coefficient (Wildman–Crippen LogP) is 10.7. The molecule has 2 atom stereocenters. The van der Waals surface area contributed by atoms with Gasteiger partial charge in [0, 0.05) is 0 Å². The lowest BCUT2D eigenvalue weighted by Crippen LogP contribution is -2.43. The van der Waals surface area contributed by atoms with Crippen molar-refractivity contribution in [1.29, 1.82) is 0 Å². The van der Waals surface area contributed by atoms with Gasteiger partial charge in [-0.3, -0.25) is 0 Å². The van der Waals surface area contributed by atoms with E-state index in [0.717, 1.165) is 23.7 Å². The first-order valence-electron chi connectivity index (χ1n) is 14.2. The highest BCUT2D eigenvalue weighted by Gasteiger charge is 2.48. The van der Waals surface area contributed by atoms with Crippen LogP contribution in [0.2, 0.25) is 0 Å². The molecule has 2 aliphatic heterocycles. The fraction of sp³-hybridized carbons (Fsp3) is 1.00. The Bertz CT molecular complexity index is 433. The van der Waals surface area contributed by atoms with Gasteiger partial charge in [-0.1, -0.05) is 123 Å². The van der Waals surface area contributed by atoms with Crippen LogP contribution >= 0.6 is 15.8 Å². The van der Waals surface area contributed by atoms with E-state index in [4.69, 9.17) is 0 Å². The lowest BCUT2D eigenvalue weighted by molar-refractivity contribution is 0.295. The first kappa shape index (κ1) is 28.1. The third kappa shape index (κ3) is 6.50. The standard InChI is InChI=1S/C29H58P2/c1-24(2)28(25(3)4)19-15-11-9-13-17-21-30(28)23-31-22-18-14-10-12-16-20-29(31,26(5)6)27(7)8/h24-27H,9-23H2,1-8H3. The van der Waals surface area contributed by atoms with Gasteiger partial charge in [0.25, 0.3) is 0 Å². The van der Waals surface area contributed by atoms with Crippen LogP contribution in [0, 0.1) is 23.7 Å². The highest BCUT2D eigenvalue weighted by molar-refractivity contribution is 7.76. The van der Waals surface area contributed by atoms with E-state index < -0.39 is 0 Å². The summed E-state index contributed by atoms with van der Waals surface area (Å²) < 4.78 is 0. The molecule has 0 aliphatic carbocycles. The van der Waals surface area contributed by atoms with E-state index in [1.54, 1.807) is 18.2 Å². The van der Waals surface area contributed by atoms with E-state index >= 15 is 0 Å². The van der Waals surface area contributed by atoms with Gasteiger partial charge in [0.2, 0.25) is 0 Å². The minimum absolute atomic E-state index is 0.110. The van der Waals surface area contributed by atoms with Crippen molar-refractivity contribution in [2.45, 2.75) is 143 Å². The summed E-state index contributed by atoms with van der Waals surface area (Å²) in [6.07, 6.45) is 21.2. The second kappa shape index (κ2) is 13.1. The Morgan fingerprint density at radius 1 is 0.452 bits per heavy atom. The highest BCUT2D eigenvalue weighted by atomic mass is 31.2. The van der Waals surface area contributed by atoms with Gasteiger partial charge in [0.05, 0.1) is 0 Å². The summed E-state index contributed by atoms with van der Waals surface area (Å²) in [5.74, 6) is 5.03. The third-order valence-electron chi connectivity index (χ3n) is 9.53. The van der Waals surface area contributed by atoms with Crippen molar-refractivity contribution in [1.82, 2.24) is 0 Å². The van der Waals surface area contributed by atoms with E-state index in [0.29, 0.717) is 10.3 Å². The second-order valence-corrected chi connectivity index (χ2v) is 18.2. The molecule has 0 spiro atoms. The molecule has 0 bridgehead atoms. The SMILES string of the molecule is CC(C)C1(C(C)C)CCCCCCCP1CP1CCCCCCCC1(C(C)C)C(C)C. The molecule has 0 aromatic carbocycles. The summed E-state index contributed by atoms with van der Waals surface area (Å²) in [6.45, 7) is 20.8. The minimum atomic E-state index is 0.110. The van der Waals surface area contributed by atoms with Crippen molar-refractivity contribution < 1.29 is 0 Å². The normalized spacial score (nSPS) is 28.6. The number of rotatable bonds is 6. The molecule has 0 nitrogen and oxygen atoms in total. The third-order valence-corrected chi connectivity index (χ3v) is 18.8. The molecule has 0 radical (unpaired) electrons. The zero-order valence-electron chi connectivity index (χ0n) is 22.8. The summed E-state index contributed by atoms with van der Waals surface area (Å²) in [7, 11) is 0.219. The van der Waals surface area contributed by atoms with E-state index in [1.165, 1.54) is 77.0 Å². The van der Waals surface area contributed by atoms with Gasteiger partial charge in [0.15, 0.2) is 0 Å². The minimum Gasteiger partial charge on any atom is -0.0954 e. The van der Waals surface area contributed by atoms with Crippen LogP contribution in [0.1, 0.15) is 132 Å². The molecule has 0 aromatic heterocycles. The van der Waals surface area contributed by atoms with Crippen molar-refractivity contribution >= 4 is 15.8 Å². The van der Waals surface area contributed by atoms with Crippen molar-refractivity contribution in [3.63, 3.8) is 0 Å². The summed E-state index contributed by atoms with van der Waals surface area (Å²) in [5.41, 5.74) is 0. The second-order valence-electron chi connectivity index (χ2n) is 12.3. The Balaban J connectivity index is 2.47. The molecule has 0 N–H and O–H groups in total. The monoisotopic (exact) mass is 468 g/mol. The van der Waals surface area contributed by atoms with Gasteiger partial charge in [-0.15, -0.1) is 0 Å². The molecule has 2 heterocycles. The molecule has 0 aromatic rings. The first-order chi connectivity index (χ1) is 14.7. The molecule has 31 heavy (non-hydrogen) atoms. The Morgan fingerprint density at radius 3 is 1.06 bits per heavy atom.